The van der Waals surface area contributed by atoms with Gasteiger partial charge in [-0.05, 0) is 20.8 Å². The maximum atomic E-state index is 12.3. The van der Waals surface area contributed by atoms with Crippen molar-refractivity contribution in [1.29, 1.82) is 5.26 Å². The summed E-state index contributed by atoms with van der Waals surface area (Å²) in [6.07, 6.45) is 0. The smallest absolute Gasteiger partial charge is 0.373 e. The van der Waals surface area contributed by atoms with Crippen molar-refractivity contribution in [2.75, 3.05) is 27.3 Å². The van der Waals surface area contributed by atoms with Crippen molar-refractivity contribution < 1.29 is 13.6 Å². The third-order valence-electron chi connectivity index (χ3n) is 1.99. The third kappa shape index (κ3) is 3.64. The van der Waals surface area contributed by atoms with Gasteiger partial charge in [-0.3, -0.25) is 4.57 Å². The van der Waals surface area contributed by atoms with Gasteiger partial charge < -0.3 is 13.9 Å². The maximum absolute atomic E-state index is 12.3. The minimum absolute atomic E-state index is 0.0706. The highest BCUT2D eigenvalue weighted by molar-refractivity contribution is 7.58. The lowest BCUT2D eigenvalue weighted by Gasteiger charge is -2.21. The van der Waals surface area contributed by atoms with Crippen LogP contribution in [0.1, 0.15) is 20.8 Å². The maximum Gasteiger partial charge on any atom is 0.373 e. The van der Waals surface area contributed by atoms with Crippen molar-refractivity contribution in [2.45, 2.75) is 20.8 Å². The summed E-state index contributed by atoms with van der Waals surface area (Å²) in [4.78, 5) is 1.71. The van der Waals surface area contributed by atoms with Crippen LogP contribution in [0.3, 0.4) is 0 Å². The molecule has 0 radical (unpaired) electrons. The number of allylic oxidation sites excluding steroid dienone is 2. The summed E-state index contributed by atoms with van der Waals surface area (Å²) >= 11 is 0. The number of rotatable bonds is 6. The number of hydrogen-bond acceptors (Lipinski definition) is 5. The molecule has 16 heavy (non-hydrogen) atoms. The minimum atomic E-state index is -3.46. The van der Waals surface area contributed by atoms with Gasteiger partial charge in [-0.15, -0.1) is 0 Å². The Balaban J connectivity index is 5.42. The summed E-state index contributed by atoms with van der Waals surface area (Å²) in [5, 5.41) is 9.14. The van der Waals surface area contributed by atoms with E-state index in [2.05, 4.69) is 0 Å². The largest absolute Gasteiger partial charge is 0.380 e. The van der Waals surface area contributed by atoms with Crippen LogP contribution in [0.15, 0.2) is 11.0 Å². The van der Waals surface area contributed by atoms with Crippen molar-refractivity contribution in [3.8, 4) is 6.07 Å². The van der Waals surface area contributed by atoms with Gasteiger partial charge in [-0.25, -0.2) is 0 Å². The molecule has 0 saturated carbocycles. The summed E-state index contributed by atoms with van der Waals surface area (Å²) in [5.41, 5.74) is 0.590. The third-order valence-corrected chi connectivity index (χ3v) is 4.16. The second-order valence-corrected chi connectivity index (χ2v) is 5.23. The molecule has 0 bridgehead atoms. The van der Waals surface area contributed by atoms with E-state index in [4.69, 9.17) is 14.3 Å². The molecule has 0 fully saturated rings. The van der Waals surface area contributed by atoms with Crippen LogP contribution in [-0.2, 0) is 13.6 Å². The van der Waals surface area contributed by atoms with Gasteiger partial charge >= 0.3 is 7.60 Å². The molecule has 0 spiro atoms. The Labute approximate surface area is 97.2 Å². The van der Waals surface area contributed by atoms with Gasteiger partial charge in [0.25, 0.3) is 0 Å². The average Bonchev–Trinajstić information content (AvgIpc) is 2.18. The second kappa shape index (κ2) is 6.70. The van der Waals surface area contributed by atoms with Crippen LogP contribution in [0.4, 0.5) is 0 Å². The van der Waals surface area contributed by atoms with Crippen LogP contribution < -0.4 is 0 Å². The molecule has 0 aliphatic carbocycles. The fourth-order valence-electron chi connectivity index (χ4n) is 1.06. The zero-order chi connectivity index (χ0) is 12.8. The second-order valence-electron chi connectivity index (χ2n) is 3.27. The molecule has 0 aliphatic heterocycles. The number of nitriles is 1. The molecule has 0 heterocycles. The van der Waals surface area contributed by atoms with E-state index in [1.165, 1.54) is 0 Å². The highest BCUT2D eigenvalue weighted by Crippen LogP contribution is 2.56. The zero-order valence-electron chi connectivity index (χ0n) is 10.5. The molecular weight excluding hydrogens is 227 g/mol. The van der Waals surface area contributed by atoms with Crippen LogP contribution in [0.25, 0.3) is 0 Å². The first-order chi connectivity index (χ1) is 7.42. The van der Waals surface area contributed by atoms with E-state index in [0.29, 0.717) is 5.70 Å². The van der Waals surface area contributed by atoms with Crippen LogP contribution in [-0.4, -0.2) is 32.2 Å². The summed E-state index contributed by atoms with van der Waals surface area (Å²) in [6, 6.07) is 1.92. The Bertz CT molecular complexity index is 334. The molecule has 0 aromatic carbocycles. The minimum Gasteiger partial charge on any atom is -0.380 e. The molecule has 0 N–H and O–H groups in total. The Kier molecular flexibility index (Phi) is 6.35. The van der Waals surface area contributed by atoms with Crippen LogP contribution in [0, 0.1) is 11.3 Å². The molecule has 5 nitrogen and oxygen atoms in total. The van der Waals surface area contributed by atoms with Gasteiger partial charge in [0, 0.05) is 19.8 Å². The van der Waals surface area contributed by atoms with E-state index in [0.717, 1.165) is 0 Å². The standard InChI is InChI=1S/C10H19N2O3P/c1-6-14-16(13,15-7-2)10(8-11)9(3)12(4)5/h6-7H2,1-5H3/b10-9-. The quantitative estimate of drug-likeness (QED) is 0.532. The summed E-state index contributed by atoms with van der Waals surface area (Å²) in [7, 11) is 0.0828. The average molecular weight is 246 g/mol. The molecule has 0 aromatic heterocycles. The predicted octanol–water partition coefficient (Wildman–Crippen LogP) is 2.57. The summed E-state index contributed by atoms with van der Waals surface area (Å²) in [6.45, 7) is 5.62. The monoisotopic (exact) mass is 246 g/mol. The summed E-state index contributed by atoms with van der Waals surface area (Å²) in [5.74, 6) is 0. The van der Waals surface area contributed by atoms with Crippen molar-refractivity contribution >= 4 is 7.60 Å². The van der Waals surface area contributed by atoms with Gasteiger partial charge in [-0.2, -0.15) is 5.26 Å². The first-order valence-corrected chi connectivity index (χ1v) is 6.65. The topological polar surface area (TPSA) is 62.6 Å². The van der Waals surface area contributed by atoms with Gasteiger partial charge in [0.1, 0.15) is 6.07 Å². The van der Waals surface area contributed by atoms with E-state index < -0.39 is 7.60 Å². The first-order valence-electron chi connectivity index (χ1n) is 5.10. The Morgan fingerprint density at radius 3 is 2.00 bits per heavy atom. The lowest BCUT2D eigenvalue weighted by atomic mass is 10.4. The summed E-state index contributed by atoms with van der Waals surface area (Å²) < 4.78 is 22.6. The fraction of sp³-hybridized carbons (Fsp3) is 0.700. The van der Waals surface area contributed by atoms with Gasteiger partial charge in [0.15, 0.2) is 5.31 Å². The molecule has 92 valence electrons. The molecular formula is C10H19N2O3P. The van der Waals surface area contributed by atoms with Gasteiger partial charge in [-0.1, -0.05) is 0 Å². The van der Waals surface area contributed by atoms with Crippen molar-refractivity contribution in [3.63, 3.8) is 0 Å². The molecule has 0 unspecified atom stereocenters. The Morgan fingerprint density at radius 2 is 1.75 bits per heavy atom. The van der Waals surface area contributed by atoms with Crippen LogP contribution in [0.5, 0.6) is 0 Å². The molecule has 0 aromatic rings. The molecule has 0 atom stereocenters. The molecule has 0 amide bonds. The highest BCUT2D eigenvalue weighted by Gasteiger charge is 2.32. The Hall–Kier alpha value is -0.820. The van der Waals surface area contributed by atoms with E-state index in [1.807, 2.05) is 6.07 Å². The Morgan fingerprint density at radius 1 is 1.31 bits per heavy atom. The van der Waals surface area contributed by atoms with E-state index >= 15 is 0 Å². The zero-order valence-corrected chi connectivity index (χ0v) is 11.4. The van der Waals surface area contributed by atoms with Crippen LogP contribution >= 0.6 is 7.60 Å². The SMILES string of the molecule is CCOP(=O)(OCC)/C(C#N)=C(/C)N(C)C. The van der Waals surface area contributed by atoms with E-state index in [1.54, 1.807) is 39.8 Å². The molecule has 0 saturated heterocycles. The molecule has 0 aliphatic rings. The number of nitrogens with zero attached hydrogens (tertiary/aromatic N) is 2. The van der Waals surface area contributed by atoms with Gasteiger partial charge in [0.05, 0.1) is 13.2 Å². The van der Waals surface area contributed by atoms with E-state index in [9.17, 15) is 4.57 Å². The van der Waals surface area contributed by atoms with Crippen molar-refractivity contribution in [2.24, 2.45) is 0 Å². The predicted molar refractivity (Wildman–Crippen MR) is 62.9 cm³/mol. The fourth-order valence-corrected chi connectivity index (χ4v) is 2.79. The highest BCUT2D eigenvalue weighted by atomic mass is 31.2. The molecule has 0 rings (SSSR count). The normalized spacial score (nSPS) is 13.0. The molecule has 6 heteroatoms. The van der Waals surface area contributed by atoms with Crippen LogP contribution in [0.2, 0.25) is 0 Å². The lowest BCUT2D eigenvalue weighted by molar-refractivity contribution is 0.226. The van der Waals surface area contributed by atoms with E-state index in [-0.39, 0.29) is 18.5 Å². The number of hydrogen-bond donors (Lipinski definition) is 0. The lowest BCUT2D eigenvalue weighted by Crippen LogP contribution is -2.12. The van der Waals surface area contributed by atoms with Crippen molar-refractivity contribution in [1.82, 2.24) is 4.90 Å². The van der Waals surface area contributed by atoms with Gasteiger partial charge in [0.2, 0.25) is 0 Å². The first kappa shape index (κ1) is 15.2. The van der Waals surface area contributed by atoms with Crippen molar-refractivity contribution in [3.05, 3.63) is 11.0 Å².